The van der Waals surface area contributed by atoms with Crippen molar-refractivity contribution in [3.05, 3.63) is 47.5 Å². The molecule has 0 spiro atoms. The fourth-order valence-corrected chi connectivity index (χ4v) is 2.77. The number of carbonyl (C=O) groups excluding carboxylic acids is 1. The van der Waals surface area contributed by atoms with Crippen LogP contribution in [0.3, 0.4) is 0 Å². The summed E-state index contributed by atoms with van der Waals surface area (Å²) in [6.07, 6.45) is 1.59. The largest absolute Gasteiger partial charge is 0.395 e. The molecule has 1 saturated heterocycles. The number of carbonyl (C=O) groups is 1. The number of halogens is 1. The minimum atomic E-state index is -0.301. The molecule has 128 valence electrons. The van der Waals surface area contributed by atoms with Gasteiger partial charge in [-0.25, -0.2) is 9.07 Å². The smallest absolute Gasteiger partial charge is 0.276 e. The van der Waals surface area contributed by atoms with E-state index in [2.05, 4.69) is 15.2 Å². The van der Waals surface area contributed by atoms with E-state index in [0.29, 0.717) is 31.9 Å². The van der Waals surface area contributed by atoms with E-state index < -0.39 is 0 Å². The molecule has 1 aromatic carbocycles. The first-order valence-corrected chi connectivity index (χ1v) is 7.93. The first-order chi connectivity index (χ1) is 11.7. The van der Waals surface area contributed by atoms with Crippen molar-refractivity contribution in [3.63, 3.8) is 0 Å². The second-order valence-electron chi connectivity index (χ2n) is 5.79. The molecule has 0 aliphatic carbocycles. The maximum absolute atomic E-state index is 13.2. The molecule has 0 radical (unpaired) electrons. The summed E-state index contributed by atoms with van der Waals surface area (Å²) >= 11 is 0. The molecular weight excluding hydrogens is 313 g/mol. The van der Waals surface area contributed by atoms with Gasteiger partial charge in [0, 0.05) is 32.7 Å². The van der Waals surface area contributed by atoms with Crippen molar-refractivity contribution in [1.82, 2.24) is 24.8 Å². The van der Waals surface area contributed by atoms with Crippen LogP contribution in [0.15, 0.2) is 30.5 Å². The highest BCUT2D eigenvalue weighted by Crippen LogP contribution is 2.09. The number of hydrogen-bond donors (Lipinski definition) is 1. The van der Waals surface area contributed by atoms with Gasteiger partial charge in [0.2, 0.25) is 0 Å². The number of hydrogen-bond acceptors (Lipinski definition) is 5. The molecule has 2 heterocycles. The highest BCUT2D eigenvalue weighted by molar-refractivity contribution is 5.92. The van der Waals surface area contributed by atoms with Crippen molar-refractivity contribution in [3.8, 4) is 0 Å². The molecule has 1 aromatic heterocycles. The van der Waals surface area contributed by atoms with Crippen LogP contribution in [0.1, 0.15) is 16.1 Å². The number of benzene rings is 1. The van der Waals surface area contributed by atoms with Crippen molar-refractivity contribution in [2.75, 3.05) is 39.3 Å². The van der Waals surface area contributed by atoms with Crippen molar-refractivity contribution in [2.45, 2.75) is 6.54 Å². The number of aromatic nitrogens is 3. The Morgan fingerprint density at radius 3 is 2.75 bits per heavy atom. The second kappa shape index (κ2) is 7.50. The van der Waals surface area contributed by atoms with E-state index in [0.717, 1.165) is 18.7 Å². The summed E-state index contributed by atoms with van der Waals surface area (Å²) in [5, 5.41) is 16.8. The van der Waals surface area contributed by atoms with E-state index in [1.165, 1.54) is 16.8 Å². The molecule has 0 atom stereocenters. The third-order valence-corrected chi connectivity index (χ3v) is 4.07. The lowest BCUT2D eigenvalue weighted by molar-refractivity contribution is 0.0609. The van der Waals surface area contributed by atoms with Crippen molar-refractivity contribution < 1.29 is 14.3 Å². The lowest BCUT2D eigenvalue weighted by Crippen LogP contribution is -2.49. The molecule has 24 heavy (non-hydrogen) atoms. The van der Waals surface area contributed by atoms with Gasteiger partial charge in [-0.05, 0) is 17.7 Å². The summed E-state index contributed by atoms with van der Waals surface area (Å²) in [4.78, 5) is 16.3. The fourth-order valence-electron chi connectivity index (χ4n) is 2.77. The van der Waals surface area contributed by atoms with E-state index in [1.807, 2.05) is 0 Å². The molecule has 7 nitrogen and oxygen atoms in total. The normalized spacial score (nSPS) is 15.7. The fraction of sp³-hybridized carbons (Fsp3) is 0.438. The minimum absolute atomic E-state index is 0.127. The van der Waals surface area contributed by atoms with Crippen LogP contribution >= 0.6 is 0 Å². The van der Waals surface area contributed by atoms with Crippen LogP contribution < -0.4 is 0 Å². The summed E-state index contributed by atoms with van der Waals surface area (Å²) < 4.78 is 14.7. The first-order valence-electron chi connectivity index (χ1n) is 7.93. The van der Waals surface area contributed by atoms with Crippen molar-refractivity contribution in [1.29, 1.82) is 0 Å². The van der Waals surface area contributed by atoms with Gasteiger partial charge in [-0.3, -0.25) is 9.69 Å². The Labute approximate surface area is 139 Å². The second-order valence-corrected chi connectivity index (χ2v) is 5.79. The van der Waals surface area contributed by atoms with Gasteiger partial charge in [0.25, 0.3) is 5.91 Å². The van der Waals surface area contributed by atoms with Gasteiger partial charge in [0.05, 0.1) is 19.3 Å². The molecule has 2 aromatic rings. The predicted octanol–water partition coefficient (Wildman–Crippen LogP) is 0.216. The van der Waals surface area contributed by atoms with Crippen molar-refractivity contribution in [2.24, 2.45) is 0 Å². The number of aliphatic hydroxyl groups excluding tert-OH is 1. The van der Waals surface area contributed by atoms with Gasteiger partial charge in [-0.2, -0.15) is 0 Å². The monoisotopic (exact) mass is 333 g/mol. The number of nitrogens with zero attached hydrogens (tertiary/aromatic N) is 5. The van der Waals surface area contributed by atoms with Crippen LogP contribution in [-0.2, 0) is 6.54 Å². The zero-order valence-corrected chi connectivity index (χ0v) is 13.3. The van der Waals surface area contributed by atoms with Crippen LogP contribution in [0, 0.1) is 5.82 Å². The van der Waals surface area contributed by atoms with E-state index in [9.17, 15) is 9.18 Å². The van der Waals surface area contributed by atoms with Gasteiger partial charge in [-0.1, -0.05) is 17.3 Å². The lowest BCUT2D eigenvalue weighted by Gasteiger charge is -2.33. The molecule has 1 aliphatic rings. The van der Waals surface area contributed by atoms with Gasteiger partial charge in [0.15, 0.2) is 5.69 Å². The Bertz CT molecular complexity index is 697. The quantitative estimate of drug-likeness (QED) is 0.847. The molecule has 0 unspecified atom stereocenters. The van der Waals surface area contributed by atoms with E-state index in [1.54, 1.807) is 23.2 Å². The molecule has 1 amide bonds. The number of β-amino-alcohol motifs (C(OH)–C–C–N with tert-alkyl or cyclic N) is 1. The zero-order chi connectivity index (χ0) is 16.9. The highest BCUT2D eigenvalue weighted by atomic mass is 19.1. The molecule has 1 fully saturated rings. The average molecular weight is 333 g/mol. The Morgan fingerprint density at radius 1 is 1.25 bits per heavy atom. The van der Waals surface area contributed by atoms with Gasteiger partial charge in [0.1, 0.15) is 5.82 Å². The number of amides is 1. The first kappa shape index (κ1) is 16.5. The Kier molecular flexibility index (Phi) is 5.17. The van der Waals surface area contributed by atoms with Crippen molar-refractivity contribution >= 4 is 5.91 Å². The van der Waals surface area contributed by atoms with E-state index in [4.69, 9.17) is 5.11 Å². The Morgan fingerprint density at radius 2 is 2.04 bits per heavy atom. The van der Waals surface area contributed by atoms with Crippen LogP contribution in [0.4, 0.5) is 4.39 Å². The van der Waals surface area contributed by atoms with Gasteiger partial charge < -0.3 is 10.0 Å². The number of rotatable bonds is 5. The lowest BCUT2D eigenvalue weighted by atomic mass is 10.2. The van der Waals surface area contributed by atoms with E-state index >= 15 is 0 Å². The third kappa shape index (κ3) is 3.95. The SMILES string of the molecule is O=C(c1cn(Cc2cccc(F)c2)nn1)N1CCN(CCO)CC1. The number of aliphatic hydroxyl groups is 1. The minimum Gasteiger partial charge on any atom is -0.395 e. The molecular formula is C16H20FN5O2. The Hall–Kier alpha value is -2.32. The summed E-state index contributed by atoms with van der Waals surface area (Å²) in [5.74, 6) is -0.450. The molecule has 0 saturated carbocycles. The van der Waals surface area contributed by atoms with Crippen LogP contribution in [0.2, 0.25) is 0 Å². The van der Waals surface area contributed by atoms with Gasteiger partial charge in [-0.15, -0.1) is 5.10 Å². The predicted molar refractivity (Wildman–Crippen MR) is 85.0 cm³/mol. The van der Waals surface area contributed by atoms with Crippen LogP contribution in [-0.4, -0.2) is 75.1 Å². The topological polar surface area (TPSA) is 74.5 Å². The standard InChI is InChI=1S/C16H20FN5O2/c17-14-3-1-2-13(10-14)11-22-12-15(18-19-22)16(24)21-6-4-20(5-7-21)8-9-23/h1-3,10,12,23H,4-9,11H2. The summed E-state index contributed by atoms with van der Waals surface area (Å²) in [6, 6.07) is 6.26. The van der Waals surface area contributed by atoms with Crippen LogP contribution in [0.5, 0.6) is 0 Å². The molecule has 1 N–H and O–H groups in total. The Balaban J connectivity index is 1.60. The van der Waals surface area contributed by atoms with E-state index in [-0.39, 0.29) is 18.3 Å². The highest BCUT2D eigenvalue weighted by Gasteiger charge is 2.23. The summed E-state index contributed by atoms with van der Waals surface area (Å²) in [6.45, 7) is 3.81. The molecule has 3 rings (SSSR count). The molecule has 8 heteroatoms. The third-order valence-electron chi connectivity index (χ3n) is 4.07. The maximum Gasteiger partial charge on any atom is 0.276 e. The maximum atomic E-state index is 13.2. The van der Waals surface area contributed by atoms with Gasteiger partial charge >= 0.3 is 0 Å². The zero-order valence-electron chi connectivity index (χ0n) is 13.3. The van der Waals surface area contributed by atoms with Crippen LogP contribution in [0.25, 0.3) is 0 Å². The molecule has 0 bridgehead atoms. The summed E-state index contributed by atoms with van der Waals surface area (Å²) in [5.41, 5.74) is 1.05. The number of piperazine rings is 1. The average Bonchev–Trinajstić information content (AvgIpc) is 3.04. The summed E-state index contributed by atoms with van der Waals surface area (Å²) in [7, 11) is 0. The molecule has 1 aliphatic heterocycles.